The standard InChI is InChI=1S/C28H28ClF2N7O3/c29-19-1-4-22(5-2-19)38(27(32)39)37-13-11-36(12-14-37)21-6-8-23(9-7-21)41-17-28(40,16-26-33-18-34-35-26)24-10-3-20(30)15-25(24)31/h1-10,15,18,40H,11-14,16-17H2,(H2,32,39)(H,33,34,35). The molecule has 1 aliphatic heterocycles. The second-order valence-electron chi connectivity index (χ2n) is 9.60. The number of piperazine rings is 1. The molecule has 0 aliphatic carbocycles. The topological polar surface area (TPSA) is 124 Å². The average molecular weight is 584 g/mol. The van der Waals surface area contributed by atoms with E-state index in [1.54, 1.807) is 36.4 Å². The predicted octanol–water partition coefficient (Wildman–Crippen LogP) is 3.87. The molecule has 10 nitrogen and oxygen atoms in total. The van der Waals surface area contributed by atoms with E-state index in [4.69, 9.17) is 22.1 Å². The lowest BCUT2D eigenvalue weighted by molar-refractivity contribution is -0.0138. The highest BCUT2D eigenvalue weighted by atomic mass is 35.5. The second kappa shape index (κ2) is 12.1. The summed E-state index contributed by atoms with van der Waals surface area (Å²) in [5.74, 6) is -0.950. The minimum Gasteiger partial charge on any atom is -0.490 e. The number of ether oxygens (including phenoxy) is 1. The molecule has 13 heteroatoms. The molecule has 5 rings (SSSR count). The smallest absolute Gasteiger partial charge is 0.334 e. The first-order valence-electron chi connectivity index (χ1n) is 12.8. The summed E-state index contributed by atoms with van der Waals surface area (Å²) in [6, 6.07) is 16.6. The Morgan fingerprint density at radius 3 is 2.39 bits per heavy atom. The Hall–Kier alpha value is -4.26. The van der Waals surface area contributed by atoms with Crippen LogP contribution in [-0.4, -0.2) is 64.1 Å². The molecular weight excluding hydrogens is 556 g/mol. The van der Waals surface area contributed by atoms with Crippen molar-refractivity contribution in [2.75, 3.05) is 42.7 Å². The van der Waals surface area contributed by atoms with Gasteiger partial charge in [0.05, 0.1) is 5.69 Å². The van der Waals surface area contributed by atoms with Gasteiger partial charge in [-0.1, -0.05) is 17.7 Å². The predicted molar refractivity (Wildman–Crippen MR) is 150 cm³/mol. The zero-order valence-corrected chi connectivity index (χ0v) is 22.6. The number of nitrogens with two attached hydrogens (primary N) is 1. The largest absolute Gasteiger partial charge is 0.490 e. The molecule has 1 saturated heterocycles. The Kier molecular flexibility index (Phi) is 8.34. The van der Waals surface area contributed by atoms with Gasteiger partial charge in [0.2, 0.25) is 0 Å². The molecule has 0 saturated carbocycles. The van der Waals surface area contributed by atoms with Gasteiger partial charge in [0.1, 0.15) is 35.9 Å². The summed E-state index contributed by atoms with van der Waals surface area (Å²) in [7, 11) is 0. The molecule has 1 aromatic heterocycles. The summed E-state index contributed by atoms with van der Waals surface area (Å²) >= 11 is 5.98. The highest BCUT2D eigenvalue weighted by Gasteiger charge is 2.35. The van der Waals surface area contributed by atoms with Crippen molar-refractivity contribution >= 4 is 29.0 Å². The van der Waals surface area contributed by atoms with E-state index in [0.717, 1.165) is 11.8 Å². The summed E-state index contributed by atoms with van der Waals surface area (Å²) in [5.41, 5.74) is 5.27. The zero-order valence-electron chi connectivity index (χ0n) is 21.9. The van der Waals surface area contributed by atoms with Crippen molar-refractivity contribution in [3.8, 4) is 5.75 Å². The van der Waals surface area contributed by atoms with E-state index in [9.17, 15) is 18.7 Å². The summed E-state index contributed by atoms with van der Waals surface area (Å²) in [6.45, 7) is 2.06. The number of aromatic nitrogens is 3. The van der Waals surface area contributed by atoms with Crippen molar-refractivity contribution < 1.29 is 23.4 Å². The van der Waals surface area contributed by atoms with Crippen LogP contribution in [0.2, 0.25) is 5.02 Å². The summed E-state index contributed by atoms with van der Waals surface area (Å²) in [5, 5.41) is 21.8. The van der Waals surface area contributed by atoms with Crippen LogP contribution in [0, 0.1) is 11.6 Å². The van der Waals surface area contributed by atoms with Crippen LogP contribution >= 0.6 is 11.6 Å². The molecule has 0 spiro atoms. The minimum atomic E-state index is -1.86. The molecule has 1 atom stereocenters. The molecule has 1 aliphatic rings. The van der Waals surface area contributed by atoms with Crippen LogP contribution in [0.25, 0.3) is 0 Å². The minimum absolute atomic E-state index is 0.123. The Morgan fingerprint density at radius 1 is 1.07 bits per heavy atom. The first-order valence-corrected chi connectivity index (χ1v) is 13.2. The lowest BCUT2D eigenvalue weighted by atomic mass is 9.90. The number of halogens is 3. The molecule has 3 aromatic carbocycles. The molecule has 41 heavy (non-hydrogen) atoms. The number of aromatic amines is 1. The van der Waals surface area contributed by atoms with Crippen LogP contribution in [0.1, 0.15) is 11.4 Å². The molecule has 1 fully saturated rings. The van der Waals surface area contributed by atoms with Gasteiger partial charge in [0.15, 0.2) is 5.82 Å². The quantitative estimate of drug-likeness (QED) is 0.273. The number of aliphatic hydroxyl groups is 1. The molecule has 0 radical (unpaired) electrons. The SMILES string of the molecule is NC(=O)N(c1ccc(Cl)cc1)N1CCN(c2ccc(OCC(O)(Cc3nc[nH]n3)c3ccc(F)cc3F)cc2)CC1. The zero-order chi connectivity index (χ0) is 29.0. The van der Waals surface area contributed by atoms with Gasteiger partial charge in [-0.2, -0.15) is 5.10 Å². The van der Waals surface area contributed by atoms with Gasteiger partial charge in [-0.3, -0.25) is 5.10 Å². The fourth-order valence-electron chi connectivity index (χ4n) is 4.80. The van der Waals surface area contributed by atoms with Crippen molar-refractivity contribution in [2.24, 2.45) is 5.73 Å². The first-order chi connectivity index (χ1) is 19.7. The van der Waals surface area contributed by atoms with Gasteiger partial charge in [-0.15, -0.1) is 0 Å². The van der Waals surface area contributed by atoms with Crippen molar-refractivity contribution in [2.45, 2.75) is 12.0 Å². The molecule has 2 heterocycles. The molecule has 4 aromatic rings. The molecule has 214 valence electrons. The normalized spacial score (nSPS) is 15.4. The summed E-state index contributed by atoms with van der Waals surface area (Å²) < 4.78 is 34.0. The van der Waals surface area contributed by atoms with E-state index in [1.165, 1.54) is 17.4 Å². The molecular formula is C28H28ClF2N7O3. The van der Waals surface area contributed by atoms with Crippen molar-refractivity contribution in [3.05, 3.63) is 101 Å². The summed E-state index contributed by atoms with van der Waals surface area (Å²) in [6.07, 6.45) is 1.19. The number of benzene rings is 3. The monoisotopic (exact) mass is 583 g/mol. The van der Waals surface area contributed by atoms with Gasteiger partial charge < -0.3 is 20.5 Å². The summed E-state index contributed by atoms with van der Waals surface area (Å²) in [4.78, 5) is 18.4. The number of hydrogen-bond donors (Lipinski definition) is 3. The van der Waals surface area contributed by atoms with Gasteiger partial charge in [-0.25, -0.2) is 28.6 Å². The molecule has 0 bridgehead atoms. The van der Waals surface area contributed by atoms with Crippen molar-refractivity contribution in [1.82, 2.24) is 20.2 Å². The van der Waals surface area contributed by atoms with E-state index in [0.29, 0.717) is 48.7 Å². The van der Waals surface area contributed by atoms with Crippen LogP contribution < -0.4 is 20.4 Å². The van der Waals surface area contributed by atoms with Crippen LogP contribution in [-0.2, 0) is 12.0 Å². The Morgan fingerprint density at radius 2 is 1.78 bits per heavy atom. The number of anilines is 2. The number of hydrazine groups is 1. The third-order valence-electron chi connectivity index (χ3n) is 6.85. The van der Waals surface area contributed by atoms with Gasteiger partial charge in [-0.05, 0) is 54.6 Å². The molecule has 1 unspecified atom stereocenters. The fourth-order valence-corrected chi connectivity index (χ4v) is 4.92. The Labute approximate surface area is 239 Å². The number of primary amides is 1. The average Bonchev–Trinajstić information content (AvgIpc) is 3.46. The number of rotatable bonds is 9. The van der Waals surface area contributed by atoms with Crippen LogP contribution in [0.4, 0.5) is 25.0 Å². The first kappa shape index (κ1) is 28.3. The maximum atomic E-state index is 14.6. The van der Waals surface area contributed by atoms with Crippen LogP contribution in [0.3, 0.4) is 0 Å². The van der Waals surface area contributed by atoms with Gasteiger partial charge in [0.25, 0.3) is 0 Å². The fraction of sp³-hybridized carbons (Fsp3) is 0.250. The lowest BCUT2D eigenvalue weighted by Gasteiger charge is -2.41. The van der Waals surface area contributed by atoms with Crippen molar-refractivity contribution in [3.63, 3.8) is 0 Å². The molecule has 2 amide bonds. The van der Waals surface area contributed by atoms with E-state index < -0.39 is 23.3 Å². The number of nitrogens with one attached hydrogen (secondary N) is 1. The number of nitrogens with zero attached hydrogens (tertiary/aromatic N) is 5. The van der Waals surface area contributed by atoms with Gasteiger partial charge in [0, 0.05) is 54.9 Å². The van der Waals surface area contributed by atoms with Crippen LogP contribution in [0.15, 0.2) is 73.1 Å². The highest BCUT2D eigenvalue weighted by Crippen LogP contribution is 2.30. The number of carbonyl (C=O) groups excluding carboxylic acids is 1. The van der Waals surface area contributed by atoms with Crippen LogP contribution in [0.5, 0.6) is 5.75 Å². The Bertz CT molecular complexity index is 1470. The van der Waals surface area contributed by atoms with Gasteiger partial charge >= 0.3 is 6.03 Å². The van der Waals surface area contributed by atoms with E-state index in [-0.39, 0.29) is 24.4 Å². The third-order valence-corrected chi connectivity index (χ3v) is 7.10. The number of H-pyrrole nitrogens is 1. The number of hydrogen-bond acceptors (Lipinski definition) is 7. The Balaban J connectivity index is 1.23. The molecule has 4 N–H and O–H groups in total. The maximum absolute atomic E-state index is 14.6. The second-order valence-corrected chi connectivity index (χ2v) is 10.0. The highest BCUT2D eigenvalue weighted by molar-refractivity contribution is 6.30. The maximum Gasteiger partial charge on any atom is 0.334 e. The number of urea groups is 1. The van der Waals surface area contributed by atoms with E-state index in [1.807, 2.05) is 17.1 Å². The number of amides is 2. The number of carbonyl (C=O) groups is 1. The third kappa shape index (κ3) is 6.56. The van der Waals surface area contributed by atoms with E-state index >= 15 is 0 Å². The van der Waals surface area contributed by atoms with E-state index in [2.05, 4.69) is 20.1 Å². The lowest BCUT2D eigenvalue weighted by Crippen LogP contribution is -2.57. The van der Waals surface area contributed by atoms with Crippen molar-refractivity contribution in [1.29, 1.82) is 0 Å².